The van der Waals surface area contributed by atoms with E-state index in [1.165, 1.54) is 17.0 Å². The normalized spacial score (nSPS) is 11.9. The lowest BCUT2D eigenvalue weighted by Gasteiger charge is -2.32. The van der Waals surface area contributed by atoms with Gasteiger partial charge in [-0.05, 0) is 69.2 Å². The number of nitrogens with zero attached hydrogens (tertiary/aromatic N) is 2. The Morgan fingerprint density at radius 2 is 1.63 bits per heavy atom. The molecule has 3 aromatic carbocycles. The minimum Gasteiger partial charge on any atom is -0.497 e. The summed E-state index contributed by atoms with van der Waals surface area (Å²) in [6.45, 7) is 7.22. The van der Waals surface area contributed by atoms with Crippen LogP contribution >= 0.6 is 0 Å². The van der Waals surface area contributed by atoms with Gasteiger partial charge in [-0.3, -0.25) is 13.9 Å². The van der Waals surface area contributed by atoms with Crippen LogP contribution in [0.15, 0.2) is 77.7 Å². The van der Waals surface area contributed by atoms with E-state index in [2.05, 4.69) is 5.32 Å². The van der Waals surface area contributed by atoms with Crippen molar-refractivity contribution in [2.24, 2.45) is 0 Å². The highest BCUT2D eigenvalue weighted by Gasteiger charge is 2.33. The number of carbonyl (C=O) groups is 2. The van der Waals surface area contributed by atoms with E-state index in [4.69, 9.17) is 4.74 Å². The van der Waals surface area contributed by atoms with Crippen molar-refractivity contribution in [3.05, 3.63) is 89.5 Å². The minimum atomic E-state index is -4.09. The van der Waals surface area contributed by atoms with Crippen molar-refractivity contribution >= 4 is 27.5 Å². The molecule has 0 fully saturated rings. The van der Waals surface area contributed by atoms with E-state index in [1.54, 1.807) is 57.4 Å². The third kappa shape index (κ3) is 6.72. The second kappa shape index (κ2) is 12.6. The van der Waals surface area contributed by atoms with Crippen LogP contribution in [0.3, 0.4) is 0 Å². The number of ether oxygens (including phenoxy) is 1. The first-order valence-corrected chi connectivity index (χ1v) is 13.9. The van der Waals surface area contributed by atoms with Crippen LogP contribution in [0.2, 0.25) is 0 Å². The third-order valence-corrected chi connectivity index (χ3v) is 8.04. The molecule has 0 bridgehead atoms. The first-order valence-electron chi connectivity index (χ1n) is 12.4. The van der Waals surface area contributed by atoms with E-state index in [1.807, 2.05) is 38.1 Å². The number of rotatable bonds is 11. The van der Waals surface area contributed by atoms with E-state index in [9.17, 15) is 18.0 Å². The van der Waals surface area contributed by atoms with Gasteiger partial charge in [-0.25, -0.2) is 8.42 Å². The first kappa shape index (κ1) is 28.7. The molecule has 202 valence electrons. The van der Waals surface area contributed by atoms with Gasteiger partial charge in [0.25, 0.3) is 10.0 Å². The number of hydrogen-bond acceptors (Lipinski definition) is 5. The summed E-state index contributed by atoms with van der Waals surface area (Å²) in [5.41, 5.74) is 2.87. The average molecular weight is 538 g/mol. The molecule has 0 spiro atoms. The Hall–Kier alpha value is -3.85. The molecule has 0 saturated heterocycles. The number of anilines is 1. The van der Waals surface area contributed by atoms with Gasteiger partial charge in [-0.15, -0.1) is 0 Å². The second-order valence-corrected chi connectivity index (χ2v) is 10.9. The van der Waals surface area contributed by atoms with Gasteiger partial charge in [0.1, 0.15) is 18.3 Å². The molecule has 9 heteroatoms. The Bertz CT molecular complexity index is 1360. The topological polar surface area (TPSA) is 96.0 Å². The van der Waals surface area contributed by atoms with Gasteiger partial charge in [0.05, 0.1) is 17.7 Å². The summed E-state index contributed by atoms with van der Waals surface area (Å²) in [5, 5.41) is 2.76. The summed E-state index contributed by atoms with van der Waals surface area (Å²) in [5.74, 6) is -0.157. The summed E-state index contributed by atoms with van der Waals surface area (Å²) in [7, 11) is -2.52. The number of carbonyl (C=O) groups excluding carboxylic acids is 2. The fourth-order valence-electron chi connectivity index (χ4n) is 4.15. The van der Waals surface area contributed by atoms with Gasteiger partial charge in [-0.2, -0.15) is 0 Å². The zero-order valence-corrected chi connectivity index (χ0v) is 23.3. The van der Waals surface area contributed by atoms with Crippen molar-refractivity contribution in [1.82, 2.24) is 10.2 Å². The maximum Gasteiger partial charge on any atom is 0.264 e. The molecule has 3 aromatic rings. The highest BCUT2D eigenvalue weighted by Crippen LogP contribution is 2.28. The second-order valence-electron chi connectivity index (χ2n) is 9.05. The Kier molecular flexibility index (Phi) is 9.52. The zero-order chi connectivity index (χ0) is 27.9. The van der Waals surface area contributed by atoms with Crippen LogP contribution in [-0.4, -0.2) is 51.4 Å². The maximum absolute atomic E-state index is 13.9. The number of aryl methyl sites for hydroxylation is 2. The van der Waals surface area contributed by atoms with Crippen LogP contribution in [0.1, 0.15) is 30.5 Å². The summed E-state index contributed by atoms with van der Waals surface area (Å²) in [6, 6.07) is 19.8. The van der Waals surface area contributed by atoms with E-state index < -0.39 is 28.5 Å². The molecular weight excluding hydrogens is 502 g/mol. The van der Waals surface area contributed by atoms with Gasteiger partial charge < -0.3 is 15.0 Å². The molecule has 8 nitrogen and oxygen atoms in total. The number of hydrogen-bond donors (Lipinski definition) is 1. The SMILES string of the molecule is CCNC(=O)[C@H](C)N(Cc1ccc(OC)cc1)C(=O)CN(c1ccc(C)cc1C)S(=O)(=O)c1ccccc1. The summed E-state index contributed by atoms with van der Waals surface area (Å²) in [6.07, 6.45) is 0. The smallest absolute Gasteiger partial charge is 0.264 e. The molecule has 0 heterocycles. The molecule has 1 atom stereocenters. The Morgan fingerprint density at radius 1 is 0.974 bits per heavy atom. The lowest BCUT2D eigenvalue weighted by Crippen LogP contribution is -2.51. The molecule has 38 heavy (non-hydrogen) atoms. The van der Waals surface area contributed by atoms with Gasteiger partial charge in [-0.1, -0.05) is 48.0 Å². The molecule has 0 radical (unpaired) electrons. The molecule has 0 aromatic heterocycles. The van der Waals surface area contributed by atoms with E-state index >= 15 is 0 Å². The minimum absolute atomic E-state index is 0.0752. The van der Waals surface area contributed by atoms with Crippen molar-refractivity contribution in [2.45, 2.75) is 45.2 Å². The van der Waals surface area contributed by atoms with Gasteiger partial charge in [0.2, 0.25) is 11.8 Å². The molecule has 1 N–H and O–H groups in total. The van der Waals surface area contributed by atoms with Crippen LogP contribution in [-0.2, 0) is 26.2 Å². The lowest BCUT2D eigenvalue weighted by molar-refractivity contribution is -0.139. The number of nitrogens with one attached hydrogen (secondary N) is 1. The predicted molar refractivity (Wildman–Crippen MR) is 149 cm³/mol. The van der Waals surface area contributed by atoms with Crippen LogP contribution in [0.25, 0.3) is 0 Å². The van der Waals surface area contributed by atoms with E-state index in [0.717, 1.165) is 21.0 Å². The molecule has 0 aliphatic rings. The van der Waals surface area contributed by atoms with Crippen LogP contribution < -0.4 is 14.4 Å². The lowest BCUT2D eigenvalue weighted by atomic mass is 10.1. The van der Waals surface area contributed by atoms with Crippen molar-refractivity contribution in [2.75, 3.05) is 24.5 Å². The Morgan fingerprint density at radius 3 is 2.21 bits per heavy atom. The van der Waals surface area contributed by atoms with E-state index in [-0.39, 0.29) is 17.3 Å². The molecule has 0 unspecified atom stereocenters. The van der Waals surface area contributed by atoms with Crippen molar-refractivity contribution < 1.29 is 22.7 Å². The number of amides is 2. The number of sulfonamides is 1. The summed E-state index contributed by atoms with van der Waals surface area (Å²) >= 11 is 0. The molecule has 3 rings (SSSR count). The summed E-state index contributed by atoms with van der Waals surface area (Å²) < 4.78 is 34.0. The third-order valence-electron chi connectivity index (χ3n) is 6.26. The van der Waals surface area contributed by atoms with E-state index in [0.29, 0.717) is 18.0 Å². The maximum atomic E-state index is 13.9. The molecule has 2 amide bonds. The number of methoxy groups -OCH3 is 1. The number of likely N-dealkylation sites (N-methyl/N-ethyl adjacent to an activating group) is 1. The molecular formula is C29H35N3O5S. The highest BCUT2D eigenvalue weighted by atomic mass is 32.2. The Balaban J connectivity index is 2.04. The van der Waals surface area contributed by atoms with Crippen LogP contribution in [0.5, 0.6) is 5.75 Å². The van der Waals surface area contributed by atoms with Crippen molar-refractivity contribution in [1.29, 1.82) is 0 Å². The van der Waals surface area contributed by atoms with Gasteiger partial charge >= 0.3 is 0 Å². The average Bonchev–Trinajstić information content (AvgIpc) is 2.91. The molecule has 0 aliphatic carbocycles. The number of benzene rings is 3. The summed E-state index contributed by atoms with van der Waals surface area (Å²) in [4.78, 5) is 28.1. The quantitative estimate of drug-likeness (QED) is 0.398. The van der Waals surface area contributed by atoms with Crippen LogP contribution in [0.4, 0.5) is 5.69 Å². The monoisotopic (exact) mass is 537 g/mol. The van der Waals surface area contributed by atoms with Crippen molar-refractivity contribution in [3.8, 4) is 5.75 Å². The molecule has 0 aliphatic heterocycles. The Labute approximate surface area is 225 Å². The fourth-order valence-corrected chi connectivity index (χ4v) is 5.65. The highest BCUT2D eigenvalue weighted by molar-refractivity contribution is 7.92. The van der Waals surface area contributed by atoms with Gasteiger partial charge in [0.15, 0.2) is 0 Å². The van der Waals surface area contributed by atoms with Gasteiger partial charge in [0, 0.05) is 13.1 Å². The molecule has 0 saturated carbocycles. The largest absolute Gasteiger partial charge is 0.497 e. The fraction of sp³-hybridized carbons (Fsp3) is 0.310. The predicted octanol–water partition coefficient (Wildman–Crippen LogP) is 4.06. The standard InChI is InChI=1S/C29H35N3O5S/c1-6-30-29(34)23(4)31(19-24-13-15-25(37-5)16-14-24)28(33)20-32(27-17-12-21(2)18-22(27)3)38(35,36)26-10-8-7-9-11-26/h7-18,23H,6,19-20H2,1-5H3,(H,30,34)/t23-/m0/s1. The zero-order valence-electron chi connectivity index (χ0n) is 22.5. The first-order chi connectivity index (χ1) is 18.1. The van der Waals surface area contributed by atoms with Crippen LogP contribution in [0, 0.1) is 13.8 Å². The van der Waals surface area contributed by atoms with Crippen molar-refractivity contribution in [3.63, 3.8) is 0 Å².